The third kappa shape index (κ3) is 3.89. The van der Waals surface area contributed by atoms with E-state index in [0.717, 1.165) is 5.56 Å². The summed E-state index contributed by atoms with van der Waals surface area (Å²) in [7, 11) is 0. The third-order valence-corrected chi connectivity index (χ3v) is 3.13. The SMILES string of the molecule is C=CCN(Cc1ccccc1)C(=O)C(=N)c1ccccc1. The standard InChI is InChI=1S/C18H18N2O/c1-2-13-20(14-15-9-5-3-6-10-15)18(21)17(19)16-11-7-4-8-12-16/h2-12,19H,1,13-14H2. The lowest BCUT2D eigenvalue weighted by atomic mass is 10.1. The molecule has 0 spiro atoms. The monoisotopic (exact) mass is 278 g/mol. The van der Waals surface area contributed by atoms with Crippen LogP contribution in [0, 0.1) is 5.41 Å². The van der Waals surface area contributed by atoms with E-state index < -0.39 is 0 Å². The summed E-state index contributed by atoms with van der Waals surface area (Å²) in [6.07, 6.45) is 1.68. The maximum Gasteiger partial charge on any atom is 0.272 e. The molecule has 2 aromatic rings. The summed E-state index contributed by atoms with van der Waals surface area (Å²) in [6, 6.07) is 18.8. The molecule has 0 fully saturated rings. The molecule has 0 unspecified atom stereocenters. The van der Waals surface area contributed by atoms with Crippen LogP contribution in [-0.4, -0.2) is 23.1 Å². The molecule has 0 atom stereocenters. The highest BCUT2D eigenvalue weighted by Gasteiger charge is 2.18. The first-order valence-electron chi connectivity index (χ1n) is 6.80. The molecular weight excluding hydrogens is 260 g/mol. The fraction of sp³-hybridized carbons (Fsp3) is 0.111. The summed E-state index contributed by atoms with van der Waals surface area (Å²) >= 11 is 0. The van der Waals surface area contributed by atoms with Crippen molar-refractivity contribution in [3.05, 3.63) is 84.4 Å². The van der Waals surface area contributed by atoms with Crippen LogP contribution in [0.25, 0.3) is 0 Å². The van der Waals surface area contributed by atoms with Crippen molar-refractivity contribution in [3.8, 4) is 0 Å². The van der Waals surface area contributed by atoms with Crippen molar-refractivity contribution in [2.24, 2.45) is 0 Å². The molecule has 106 valence electrons. The molecule has 0 radical (unpaired) electrons. The van der Waals surface area contributed by atoms with Crippen molar-refractivity contribution in [2.75, 3.05) is 6.54 Å². The predicted octanol–water partition coefficient (Wildman–Crippen LogP) is 3.27. The van der Waals surface area contributed by atoms with E-state index in [1.807, 2.05) is 48.5 Å². The van der Waals surface area contributed by atoms with Crippen molar-refractivity contribution in [3.63, 3.8) is 0 Å². The Morgan fingerprint density at radius 2 is 1.62 bits per heavy atom. The van der Waals surface area contributed by atoms with E-state index in [0.29, 0.717) is 18.7 Å². The average Bonchev–Trinajstić information content (AvgIpc) is 2.55. The second-order valence-electron chi connectivity index (χ2n) is 4.70. The number of hydrogen-bond donors (Lipinski definition) is 1. The number of nitrogens with zero attached hydrogens (tertiary/aromatic N) is 1. The van der Waals surface area contributed by atoms with Crippen LogP contribution in [-0.2, 0) is 11.3 Å². The molecule has 0 aliphatic rings. The van der Waals surface area contributed by atoms with Crippen LogP contribution in [0.15, 0.2) is 73.3 Å². The van der Waals surface area contributed by atoms with Gasteiger partial charge in [0, 0.05) is 18.7 Å². The summed E-state index contributed by atoms with van der Waals surface area (Å²) < 4.78 is 0. The maximum atomic E-state index is 12.5. The summed E-state index contributed by atoms with van der Waals surface area (Å²) in [5, 5.41) is 8.08. The zero-order valence-corrected chi connectivity index (χ0v) is 11.8. The van der Waals surface area contributed by atoms with Crippen molar-refractivity contribution in [1.82, 2.24) is 4.90 Å². The van der Waals surface area contributed by atoms with E-state index in [2.05, 4.69) is 6.58 Å². The molecule has 3 nitrogen and oxygen atoms in total. The first kappa shape index (κ1) is 14.7. The minimum absolute atomic E-state index is 0.00776. The second kappa shape index (κ2) is 7.20. The van der Waals surface area contributed by atoms with Crippen LogP contribution >= 0.6 is 0 Å². The molecule has 0 saturated heterocycles. The first-order valence-corrected chi connectivity index (χ1v) is 6.80. The molecule has 1 amide bonds. The van der Waals surface area contributed by atoms with Gasteiger partial charge in [0.15, 0.2) is 0 Å². The summed E-state index contributed by atoms with van der Waals surface area (Å²) in [6.45, 7) is 4.58. The highest BCUT2D eigenvalue weighted by Crippen LogP contribution is 2.08. The van der Waals surface area contributed by atoms with Gasteiger partial charge in [-0.25, -0.2) is 0 Å². The summed E-state index contributed by atoms with van der Waals surface area (Å²) in [5.41, 5.74) is 1.67. The number of amides is 1. The van der Waals surface area contributed by atoms with Gasteiger partial charge in [-0.3, -0.25) is 10.2 Å². The molecule has 0 aliphatic heterocycles. The van der Waals surface area contributed by atoms with Crippen molar-refractivity contribution in [2.45, 2.75) is 6.54 Å². The van der Waals surface area contributed by atoms with Gasteiger partial charge in [0.05, 0.1) is 0 Å². The van der Waals surface area contributed by atoms with Gasteiger partial charge < -0.3 is 4.90 Å². The highest BCUT2D eigenvalue weighted by molar-refractivity contribution is 6.43. The molecule has 0 aliphatic carbocycles. The van der Waals surface area contributed by atoms with Gasteiger partial charge in [-0.1, -0.05) is 66.7 Å². The van der Waals surface area contributed by atoms with Crippen LogP contribution in [0.3, 0.4) is 0 Å². The quantitative estimate of drug-likeness (QED) is 0.639. The normalized spacial score (nSPS) is 9.90. The van der Waals surface area contributed by atoms with Gasteiger partial charge in [-0.2, -0.15) is 0 Å². The first-order chi connectivity index (χ1) is 10.2. The van der Waals surface area contributed by atoms with Crippen molar-refractivity contribution < 1.29 is 4.79 Å². The van der Waals surface area contributed by atoms with E-state index in [9.17, 15) is 4.79 Å². The number of carbonyl (C=O) groups excluding carboxylic acids is 1. The summed E-state index contributed by atoms with van der Waals surface area (Å²) in [4.78, 5) is 14.1. The molecule has 3 heteroatoms. The van der Waals surface area contributed by atoms with Crippen LogP contribution in [0.1, 0.15) is 11.1 Å². The van der Waals surface area contributed by atoms with E-state index in [-0.39, 0.29) is 11.6 Å². The fourth-order valence-corrected chi connectivity index (χ4v) is 2.07. The van der Waals surface area contributed by atoms with E-state index >= 15 is 0 Å². The van der Waals surface area contributed by atoms with Crippen molar-refractivity contribution in [1.29, 1.82) is 5.41 Å². The average molecular weight is 278 g/mol. The lowest BCUT2D eigenvalue weighted by molar-refractivity contribution is -0.124. The van der Waals surface area contributed by atoms with E-state index in [4.69, 9.17) is 5.41 Å². The zero-order valence-electron chi connectivity index (χ0n) is 11.8. The Hall–Kier alpha value is -2.68. The Bertz CT molecular complexity index is 620. The van der Waals surface area contributed by atoms with Crippen LogP contribution < -0.4 is 0 Å². The smallest absolute Gasteiger partial charge is 0.272 e. The van der Waals surface area contributed by atoms with Gasteiger partial charge >= 0.3 is 0 Å². The van der Waals surface area contributed by atoms with E-state index in [1.165, 1.54) is 0 Å². The Morgan fingerprint density at radius 1 is 1.05 bits per heavy atom. The van der Waals surface area contributed by atoms with Gasteiger partial charge in [0.25, 0.3) is 5.91 Å². The summed E-state index contributed by atoms with van der Waals surface area (Å²) in [5.74, 6) is -0.287. The van der Waals surface area contributed by atoms with E-state index in [1.54, 1.807) is 23.1 Å². The van der Waals surface area contributed by atoms with Gasteiger partial charge in [-0.15, -0.1) is 6.58 Å². The molecule has 2 rings (SSSR count). The largest absolute Gasteiger partial charge is 0.329 e. The molecule has 1 N–H and O–H groups in total. The molecule has 21 heavy (non-hydrogen) atoms. The number of rotatable bonds is 6. The van der Waals surface area contributed by atoms with Crippen LogP contribution in [0.4, 0.5) is 0 Å². The molecule has 0 heterocycles. The number of hydrogen-bond acceptors (Lipinski definition) is 2. The molecule has 0 bridgehead atoms. The highest BCUT2D eigenvalue weighted by atomic mass is 16.2. The second-order valence-corrected chi connectivity index (χ2v) is 4.70. The van der Waals surface area contributed by atoms with Crippen molar-refractivity contribution >= 4 is 11.6 Å². The van der Waals surface area contributed by atoms with Crippen LogP contribution in [0.2, 0.25) is 0 Å². The lowest BCUT2D eigenvalue weighted by Crippen LogP contribution is -2.36. The molecular formula is C18H18N2O. The minimum Gasteiger partial charge on any atom is -0.329 e. The number of carbonyl (C=O) groups is 1. The molecule has 0 aromatic heterocycles. The van der Waals surface area contributed by atoms with Gasteiger partial charge in [0.1, 0.15) is 5.71 Å². The number of nitrogens with one attached hydrogen (secondary N) is 1. The molecule has 2 aromatic carbocycles. The topological polar surface area (TPSA) is 44.2 Å². The Balaban J connectivity index is 2.16. The molecule has 0 saturated carbocycles. The Labute approximate surface area is 125 Å². The van der Waals surface area contributed by atoms with Gasteiger partial charge in [-0.05, 0) is 5.56 Å². The minimum atomic E-state index is -0.287. The van der Waals surface area contributed by atoms with Crippen LogP contribution in [0.5, 0.6) is 0 Å². The Morgan fingerprint density at radius 3 is 2.19 bits per heavy atom. The van der Waals surface area contributed by atoms with Gasteiger partial charge in [0.2, 0.25) is 0 Å². The third-order valence-electron chi connectivity index (χ3n) is 3.13. The fourth-order valence-electron chi connectivity index (χ4n) is 2.07. The predicted molar refractivity (Wildman–Crippen MR) is 85.3 cm³/mol. The zero-order chi connectivity index (χ0) is 15.1. The maximum absolute atomic E-state index is 12.5. The lowest BCUT2D eigenvalue weighted by Gasteiger charge is -2.21. The number of benzene rings is 2. The Kier molecular flexibility index (Phi) is 5.04.